The molecule has 0 saturated heterocycles. The molecule has 0 radical (unpaired) electrons. The summed E-state index contributed by atoms with van der Waals surface area (Å²) in [7, 11) is 3.33. The summed E-state index contributed by atoms with van der Waals surface area (Å²) in [4.78, 5) is 15.3. The number of hydrogen-bond donors (Lipinski definition) is 1. The highest BCUT2D eigenvalue weighted by molar-refractivity contribution is 6.06. The first-order chi connectivity index (χ1) is 19.0. The van der Waals surface area contributed by atoms with E-state index in [1.165, 1.54) is 11.1 Å². The number of rotatable bonds is 10. The molecule has 1 aromatic heterocycles. The number of fused-ring (bicyclic) bond motifs is 1. The van der Waals surface area contributed by atoms with Crippen molar-refractivity contribution in [2.45, 2.75) is 33.0 Å². The molecule has 4 aromatic rings. The third-order valence-electron chi connectivity index (χ3n) is 6.85. The number of nitrogens with zero attached hydrogens (tertiary/aromatic N) is 4. The number of benzene rings is 3. The summed E-state index contributed by atoms with van der Waals surface area (Å²) in [6.07, 6.45) is 2.85. The first-order valence-corrected chi connectivity index (χ1v) is 13.0. The number of methoxy groups -OCH3 is 2. The number of carbonyl (C=O) groups is 1. The molecule has 9 nitrogen and oxygen atoms in total. The highest BCUT2D eigenvalue weighted by atomic mass is 16.5. The van der Waals surface area contributed by atoms with Crippen LogP contribution < -0.4 is 19.5 Å². The van der Waals surface area contributed by atoms with E-state index in [4.69, 9.17) is 14.2 Å². The summed E-state index contributed by atoms with van der Waals surface area (Å²) >= 11 is 0. The molecular formula is C30H33N5O4. The summed E-state index contributed by atoms with van der Waals surface area (Å²) in [5.74, 6) is 1.80. The monoisotopic (exact) mass is 527 g/mol. The molecule has 0 fully saturated rings. The molecule has 1 aliphatic heterocycles. The largest absolute Gasteiger partial charge is 0.493 e. The number of hydrogen-bond acceptors (Lipinski definition) is 7. The standard InChI is InChI=1S/C30H33N5O4/c1-21-8-10-24(11-9-21)31-30(36)26-6-4-5-7-27(26)39-20-25-19-35(33-32-25)15-14-34-13-12-22-16-28(37-2)29(38-3)17-23(22)18-34/h4-11,16-17,19H,12-15,18,20H2,1-3H3,(H,31,36). The van der Waals surface area contributed by atoms with Gasteiger partial charge in [0, 0.05) is 25.3 Å². The molecule has 9 heteroatoms. The Morgan fingerprint density at radius 3 is 2.46 bits per heavy atom. The molecule has 0 spiro atoms. The van der Waals surface area contributed by atoms with Crippen LogP contribution >= 0.6 is 0 Å². The third-order valence-corrected chi connectivity index (χ3v) is 6.85. The lowest BCUT2D eigenvalue weighted by Gasteiger charge is -2.29. The highest BCUT2D eigenvalue weighted by Crippen LogP contribution is 2.33. The normalized spacial score (nSPS) is 13.0. The van der Waals surface area contributed by atoms with E-state index in [0.717, 1.165) is 48.8 Å². The third kappa shape index (κ3) is 6.38. The maximum Gasteiger partial charge on any atom is 0.259 e. The van der Waals surface area contributed by atoms with Crippen LogP contribution in [0, 0.1) is 6.92 Å². The van der Waals surface area contributed by atoms with Gasteiger partial charge in [-0.15, -0.1) is 5.10 Å². The summed E-state index contributed by atoms with van der Waals surface area (Å²) < 4.78 is 18.7. The van der Waals surface area contributed by atoms with Crippen LogP contribution in [0.3, 0.4) is 0 Å². The lowest BCUT2D eigenvalue weighted by molar-refractivity contribution is 0.102. The van der Waals surface area contributed by atoms with E-state index >= 15 is 0 Å². The minimum atomic E-state index is -0.225. The van der Waals surface area contributed by atoms with Gasteiger partial charge in [0.05, 0.1) is 32.5 Å². The van der Waals surface area contributed by atoms with E-state index in [1.54, 1.807) is 26.4 Å². The van der Waals surface area contributed by atoms with Crippen LogP contribution in [-0.4, -0.2) is 53.1 Å². The van der Waals surface area contributed by atoms with Crippen LogP contribution in [0.4, 0.5) is 5.69 Å². The Bertz CT molecular complexity index is 1430. The fourth-order valence-electron chi connectivity index (χ4n) is 4.66. The maximum atomic E-state index is 12.9. The second-order valence-electron chi connectivity index (χ2n) is 9.58. The van der Waals surface area contributed by atoms with Gasteiger partial charge in [-0.25, -0.2) is 0 Å². The molecule has 3 aromatic carbocycles. The van der Waals surface area contributed by atoms with Crippen molar-refractivity contribution in [3.05, 3.63) is 94.8 Å². The maximum absolute atomic E-state index is 12.9. The first kappa shape index (κ1) is 26.2. The van der Waals surface area contributed by atoms with Gasteiger partial charge in [-0.2, -0.15) is 0 Å². The Morgan fingerprint density at radius 2 is 1.69 bits per heavy atom. The average molecular weight is 528 g/mol. The summed E-state index contributed by atoms with van der Waals surface area (Å²) in [6, 6.07) is 19.0. The molecular weight excluding hydrogens is 494 g/mol. The molecule has 1 amide bonds. The molecule has 39 heavy (non-hydrogen) atoms. The molecule has 1 N–H and O–H groups in total. The number of aryl methyl sites for hydroxylation is 1. The fraction of sp³-hybridized carbons (Fsp3) is 0.300. The van der Waals surface area contributed by atoms with Crippen molar-refractivity contribution in [3.63, 3.8) is 0 Å². The zero-order chi connectivity index (χ0) is 27.2. The van der Waals surface area contributed by atoms with Crippen LogP contribution in [0.2, 0.25) is 0 Å². The predicted molar refractivity (Wildman–Crippen MR) is 148 cm³/mol. The molecule has 0 saturated carbocycles. The number of ether oxygens (including phenoxy) is 3. The van der Waals surface area contributed by atoms with Gasteiger partial charge in [0.25, 0.3) is 5.91 Å². The minimum absolute atomic E-state index is 0.216. The number of nitrogens with one attached hydrogen (secondary N) is 1. The number of amides is 1. The van der Waals surface area contributed by atoms with E-state index in [2.05, 4.69) is 32.7 Å². The lowest BCUT2D eigenvalue weighted by atomic mass is 9.99. The molecule has 0 bridgehead atoms. The van der Waals surface area contributed by atoms with Gasteiger partial charge in [-0.05, 0) is 60.9 Å². The highest BCUT2D eigenvalue weighted by Gasteiger charge is 2.20. The molecule has 202 valence electrons. The van der Waals surface area contributed by atoms with E-state index in [0.29, 0.717) is 23.6 Å². The quantitative estimate of drug-likeness (QED) is 0.325. The van der Waals surface area contributed by atoms with Gasteiger partial charge in [0.15, 0.2) is 11.5 Å². The van der Waals surface area contributed by atoms with Crippen molar-refractivity contribution in [1.29, 1.82) is 0 Å². The van der Waals surface area contributed by atoms with E-state index < -0.39 is 0 Å². The van der Waals surface area contributed by atoms with Crippen molar-refractivity contribution in [2.24, 2.45) is 0 Å². The average Bonchev–Trinajstić information content (AvgIpc) is 3.43. The lowest BCUT2D eigenvalue weighted by Crippen LogP contribution is -2.33. The molecule has 1 aliphatic rings. The SMILES string of the molecule is COc1cc2c(cc1OC)CN(CCn1cc(COc3ccccc3C(=O)Nc3ccc(C)cc3)nn1)CC2. The van der Waals surface area contributed by atoms with Gasteiger partial charge >= 0.3 is 0 Å². The van der Waals surface area contributed by atoms with Crippen molar-refractivity contribution in [1.82, 2.24) is 19.9 Å². The molecule has 5 rings (SSSR count). The number of carbonyl (C=O) groups excluding carboxylic acids is 1. The summed E-state index contributed by atoms with van der Waals surface area (Å²) in [5, 5.41) is 11.5. The molecule has 0 atom stereocenters. The van der Waals surface area contributed by atoms with Crippen LogP contribution in [0.1, 0.15) is 32.7 Å². The topological polar surface area (TPSA) is 90.7 Å². The predicted octanol–water partition coefficient (Wildman–Crippen LogP) is 4.49. The molecule has 2 heterocycles. The fourth-order valence-corrected chi connectivity index (χ4v) is 4.66. The van der Waals surface area contributed by atoms with Crippen LogP contribution in [0.25, 0.3) is 0 Å². The van der Waals surface area contributed by atoms with Gasteiger partial charge in [-0.1, -0.05) is 35.0 Å². The van der Waals surface area contributed by atoms with E-state index in [1.807, 2.05) is 54.2 Å². The molecule has 0 aliphatic carbocycles. The number of anilines is 1. The summed E-state index contributed by atoms with van der Waals surface area (Å²) in [5.41, 5.74) is 5.59. The Hall–Kier alpha value is -4.37. The Balaban J connectivity index is 1.15. The van der Waals surface area contributed by atoms with Gasteiger partial charge in [-0.3, -0.25) is 14.4 Å². The van der Waals surface area contributed by atoms with Gasteiger partial charge in [0.2, 0.25) is 0 Å². The molecule has 0 unspecified atom stereocenters. The number of aromatic nitrogens is 3. The smallest absolute Gasteiger partial charge is 0.259 e. The van der Waals surface area contributed by atoms with Crippen molar-refractivity contribution in [2.75, 3.05) is 32.6 Å². The number of para-hydroxylation sites is 1. The Kier molecular flexibility index (Phi) is 8.07. The van der Waals surface area contributed by atoms with Crippen molar-refractivity contribution >= 4 is 11.6 Å². The van der Waals surface area contributed by atoms with Crippen LogP contribution in [-0.2, 0) is 26.1 Å². The van der Waals surface area contributed by atoms with E-state index in [9.17, 15) is 4.79 Å². The zero-order valence-electron chi connectivity index (χ0n) is 22.5. The van der Waals surface area contributed by atoms with Crippen LogP contribution in [0.15, 0.2) is 66.9 Å². The first-order valence-electron chi connectivity index (χ1n) is 13.0. The minimum Gasteiger partial charge on any atom is -0.493 e. The Morgan fingerprint density at radius 1 is 0.949 bits per heavy atom. The second kappa shape index (κ2) is 12.0. The summed E-state index contributed by atoms with van der Waals surface area (Å²) in [6.45, 7) is 5.60. The van der Waals surface area contributed by atoms with Crippen LogP contribution in [0.5, 0.6) is 17.2 Å². The second-order valence-corrected chi connectivity index (χ2v) is 9.58. The van der Waals surface area contributed by atoms with Gasteiger partial charge < -0.3 is 19.5 Å². The van der Waals surface area contributed by atoms with Crippen molar-refractivity contribution in [3.8, 4) is 17.2 Å². The Labute approximate surface area is 228 Å². The van der Waals surface area contributed by atoms with Crippen molar-refractivity contribution < 1.29 is 19.0 Å². The van der Waals surface area contributed by atoms with E-state index in [-0.39, 0.29) is 12.5 Å². The zero-order valence-corrected chi connectivity index (χ0v) is 22.5. The van der Waals surface area contributed by atoms with Gasteiger partial charge in [0.1, 0.15) is 18.1 Å².